The first-order chi connectivity index (χ1) is 12.2. The molecule has 0 aliphatic heterocycles. The molecule has 0 saturated carbocycles. The van der Waals surface area contributed by atoms with Gasteiger partial charge in [0.1, 0.15) is 5.82 Å². The highest BCUT2D eigenvalue weighted by atomic mass is 19.1. The lowest BCUT2D eigenvalue weighted by molar-refractivity contribution is 0.0943. The number of aromatic nitrogens is 4. The molecule has 0 aliphatic carbocycles. The minimum absolute atomic E-state index is 0.284. The fourth-order valence-corrected chi connectivity index (χ4v) is 2.41. The van der Waals surface area contributed by atoms with E-state index in [0.29, 0.717) is 34.2 Å². The summed E-state index contributed by atoms with van der Waals surface area (Å²) in [4.78, 5) is 13.2. The molecule has 0 atom stereocenters. The quantitative estimate of drug-likeness (QED) is 0.497. The third kappa shape index (κ3) is 3.99. The largest absolute Gasteiger partial charge is 0.398 e. The van der Waals surface area contributed by atoms with Crippen LogP contribution in [0.4, 0.5) is 21.8 Å². The van der Waals surface area contributed by atoms with Crippen LogP contribution in [0.25, 0.3) is 11.2 Å². The van der Waals surface area contributed by atoms with E-state index in [0.717, 1.165) is 0 Å². The number of nitrogens with one attached hydrogen (secondary N) is 2. The molecule has 2 aromatic heterocycles. The Bertz CT molecular complexity index is 933. The van der Waals surface area contributed by atoms with Gasteiger partial charge in [-0.25, -0.2) is 9.37 Å². The SMILES string of the molecule is Cn1cnc2c(NCc3cc(F)ccc3N)nc(NCC(C)(C)O)nc21. The summed E-state index contributed by atoms with van der Waals surface area (Å²) in [6.07, 6.45) is 1.64. The first-order valence-corrected chi connectivity index (χ1v) is 8.16. The van der Waals surface area contributed by atoms with Gasteiger partial charge < -0.3 is 26.0 Å². The van der Waals surface area contributed by atoms with Crippen molar-refractivity contribution in [2.24, 2.45) is 7.05 Å². The van der Waals surface area contributed by atoms with E-state index in [4.69, 9.17) is 5.73 Å². The van der Waals surface area contributed by atoms with Gasteiger partial charge in [-0.15, -0.1) is 0 Å². The average Bonchev–Trinajstić information content (AvgIpc) is 2.94. The molecule has 138 valence electrons. The van der Waals surface area contributed by atoms with Crippen molar-refractivity contribution >= 4 is 28.6 Å². The van der Waals surface area contributed by atoms with Crippen LogP contribution in [-0.4, -0.2) is 36.8 Å². The molecule has 3 rings (SSSR count). The number of halogens is 1. The lowest BCUT2D eigenvalue weighted by Crippen LogP contribution is -2.30. The smallest absolute Gasteiger partial charge is 0.226 e. The van der Waals surface area contributed by atoms with Crippen molar-refractivity contribution < 1.29 is 9.50 Å². The highest BCUT2D eigenvalue weighted by Gasteiger charge is 2.16. The van der Waals surface area contributed by atoms with E-state index in [-0.39, 0.29) is 18.9 Å². The van der Waals surface area contributed by atoms with E-state index < -0.39 is 5.60 Å². The van der Waals surface area contributed by atoms with Gasteiger partial charge in [-0.05, 0) is 37.6 Å². The Morgan fingerprint density at radius 3 is 2.77 bits per heavy atom. The number of benzene rings is 1. The number of hydrogen-bond donors (Lipinski definition) is 4. The summed E-state index contributed by atoms with van der Waals surface area (Å²) in [6.45, 7) is 3.95. The van der Waals surface area contributed by atoms with Crippen molar-refractivity contribution in [1.29, 1.82) is 0 Å². The standard InChI is InChI=1S/C17H22FN7O/c1-17(2,26)8-21-16-23-14(13-15(24-16)25(3)9-22-13)20-7-10-6-11(18)4-5-12(10)19/h4-6,9,26H,7-8,19H2,1-3H3,(H2,20,21,23,24). The van der Waals surface area contributed by atoms with Gasteiger partial charge in [0.15, 0.2) is 17.0 Å². The van der Waals surface area contributed by atoms with Gasteiger partial charge >= 0.3 is 0 Å². The molecule has 0 unspecified atom stereocenters. The van der Waals surface area contributed by atoms with Gasteiger partial charge in [0.25, 0.3) is 0 Å². The highest BCUT2D eigenvalue weighted by molar-refractivity contribution is 5.84. The first-order valence-electron chi connectivity index (χ1n) is 8.16. The maximum absolute atomic E-state index is 13.4. The third-order valence-electron chi connectivity index (χ3n) is 3.79. The van der Waals surface area contributed by atoms with Crippen LogP contribution in [0.15, 0.2) is 24.5 Å². The van der Waals surface area contributed by atoms with E-state index >= 15 is 0 Å². The predicted molar refractivity (Wildman–Crippen MR) is 99.2 cm³/mol. The summed E-state index contributed by atoms with van der Waals surface area (Å²) in [5.74, 6) is 0.504. The number of rotatable bonds is 6. The number of hydrogen-bond acceptors (Lipinski definition) is 7. The van der Waals surface area contributed by atoms with Crippen LogP contribution in [0.5, 0.6) is 0 Å². The molecule has 0 fully saturated rings. The monoisotopic (exact) mass is 359 g/mol. The summed E-state index contributed by atoms with van der Waals surface area (Å²) >= 11 is 0. The van der Waals surface area contributed by atoms with Crippen LogP contribution < -0.4 is 16.4 Å². The van der Waals surface area contributed by atoms with Crippen LogP contribution in [-0.2, 0) is 13.6 Å². The Morgan fingerprint density at radius 1 is 1.27 bits per heavy atom. The van der Waals surface area contributed by atoms with Crippen LogP contribution in [0, 0.1) is 5.82 Å². The zero-order chi connectivity index (χ0) is 18.9. The molecule has 0 spiro atoms. The van der Waals surface area contributed by atoms with Gasteiger partial charge in [-0.1, -0.05) is 0 Å². The van der Waals surface area contributed by atoms with E-state index in [9.17, 15) is 9.50 Å². The number of nitrogen functional groups attached to an aromatic ring is 1. The molecule has 8 nitrogen and oxygen atoms in total. The lowest BCUT2D eigenvalue weighted by atomic mass is 10.1. The Kier molecular flexibility index (Phi) is 4.64. The van der Waals surface area contributed by atoms with E-state index in [1.807, 2.05) is 7.05 Å². The molecular formula is C17H22FN7O. The molecule has 0 saturated heterocycles. The Hall–Kier alpha value is -2.94. The normalized spacial score (nSPS) is 11.7. The summed E-state index contributed by atoms with van der Waals surface area (Å²) < 4.78 is 15.2. The number of nitrogens with zero attached hydrogens (tertiary/aromatic N) is 4. The third-order valence-corrected chi connectivity index (χ3v) is 3.79. The molecule has 9 heteroatoms. The van der Waals surface area contributed by atoms with Gasteiger partial charge in [0.05, 0.1) is 11.9 Å². The van der Waals surface area contributed by atoms with Crippen molar-refractivity contribution in [3.63, 3.8) is 0 Å². The lowest BCUT2D eigenvalue weighted by Gasteiger charge is -2.18. The van der Waals surface area contributed by atoms with Gasteiger partial charge in [-0.3, -0.25) is 0 Å². The molecule has 0 radical (unpaired) electrons. The van der Waals surface area contributed by atoms with Crippen LogP contribution in [0.2, 0.25) is 0 Å². The van der Waals surface area contributed by atoms with Gasteiger partial charge in [0.2, 0.25) is 5.95 Å². The number of imidazole rings is 1. The molecule has 0 amide bonds. The molecule has 1 aromatic carbocycles. The molecule has 0 aliphatic rings. The topological polar surface area (TPSA) is 114 Å². The van der Waals surface area contributed by atoms with Crippen molar-refractivity contribution in [3.05, 3.63) is 35.9 Å². The van der Waals surface area contributed by atoms with Gasteiger partial charge in [-0.2, -0.15) is 9.97 Å². The summed E-state index contributed by atoms with van der Waals surface area (Å²) in [5, 5.41) is 16.0. The number of nitrogens with two attached hydrogens (primary N) is 1. The van der Waals surface area contributed by atoms with Crippen LogP contribution in [0.1, 0.15) is 19.4 Å². The molecule has 2 heterocycles. The van der Waals surface area contributed by atoms with Crippen molar-refractivity contribution in [2.45, 2.75) is 26.0 Å². The minimum Gasteiger partial charge on any atom is -0.398 e. The molecule has 26 heavy (non-hydrogen) atoms. The molecule has 0 bridgehead atoms. The maximum atomic E-state index is 13.4. The zero-order valence-corrected chi connectivity index (χ0v) is 14.9. The predicted octanol–water partition coefficient (Wildman–Crippen LogP) is 1.88. The van der Waals surface area contributed by atoms with E-state index in [2.05, 4.69) is 25.6 Å². The molecule has 5 N–H and O–H groups in total. The fourth-order valence-electron chi connectivity index (χ4n) is 2.41. The maximum Gasteiger partial charge on any atom is 0.226 e. The summed E-state index contributed by atoms with van der Waals surface area (Å²) in [5.41, 5.74) is 7.33. The van der Waals surface area contributed by atoms with Crippen molar-refractivity contribution in [1.82, 2.24) is 19.5 Å². The molecular weight excluding hydrogens is 337 g/mol. The Balaban J connectivity index is 1.89. The van der Waals surface area contributed by atoms with Crippen LogP contribution >= 0.6 is 0 Å². The Morgan fingerprint density at radius 2 is 2.04 bits per heavy atom. The zero-order valence-electron chi connectivity index (χ0n) is 14.9. The van der Waals surface area contributed by atoms with Gasteiger partial charge in [0, 0.05) is 25.8 Å². The van der Waals surface area contributed by atoms with Crippen molar-refractivity contribution in [3.8, 4) is 0 Å². The first kappa shape index (κ1) is 17.9. The summed E-state index contributed by atoms with van der Waals surface area (Å²) in [6, 6.07) is 4.23. The molecule has 3 aromatic rings. The number of aliphatic hydroxyl groups is 1. The number of aryl methyl sites for hydroxylation is 1. The summed E-state index contributed by atoms with van der Waals surface area (Å²) in [7, 11) is 1.83. The Labute approximate surface area is 150 Å². The van der Waals surface area contributed by atoms with E-state index in [1.165, 1.54) is 18.2 Å². The second-order valence-electron chi connectivity index (χ2n) is 6.79. The number of fused-ring (bicyclic) bond motifs is 1. The highest BCUT2D eigenvalue weighted by Crippen LogP contribution is 2.22. The van der Waals surface area contributed by atoms with E-state index in [1.54, 1.807) is 24.7 Å². The minimum atomic E-state index is -0.908. The van der Waals surface area contributed by atoms with Crippen molar-refractivity contribution in [2.75, 3.05) is 22.9 Å². The average molecular weight is 359 g/mol. The number of anilines is 3. The van der Waals surface area contributed by atoms with Crippen LogP contribution in [0.3, 0.4) is 0 Å². The fraction of sp³-hybridized carbons (Fsp3) is 0.353. The second-order valence-corrected chi connectivity index (χ2v) is 6.79. The second kappa shape index (κ2) is 6.75.